The average Bonchev–Trinajstić information content (AvgIpc) is 3.18. The molecule has 5 nitrogen and oxygen atoms in total. The first-order valence-corrected chi connectivity index (χ1v) is 11.5. The summed E-state index contributed by atoms with van der Waals surface area (Å²) in [6.45, 7) is 4.47. The molecule has 1 atom stereocenters. The molecule has 3 aromatic carbocycles. The predicted molar refractivity (Wildman–Crippen MR) is 129 cm³/mol. The highest BCUT2D eigenvalue weighted by Crippen LogP contribution is 2.39. The summed E-state index contributed by atoms with van der Waals surface area (Å²) in [4.78, 5) is 26.9. The molecule has 0 radical (unpaired) electrons. The van der Waals surface area contributed by atoms with Crippen LogP contribution in [0.4, 0.5) is 0 Å². The van der Waals surface area contributed by atoms with Gasteiger partial charge in [0.05, 0.1) is 11.5 Å². The molecule has 0 saturated carbocycles. The molecular weight excluding hydrogens is 418 g/mol. The highest BCUT2D eigenvalue weighted by Gasteiger charge is 2.32. The van der Waals surface area contributed by atoms with Gasteiger partial charge in [0.2, 0.25) is 5.91 Å². The van der Waals surface area contributed by atoms with E-state index in [4.69, 9.17) is 0 Å². The van der Waals surface area contributed by atoms with E-state index in [0.717, 1.165) is 22.4 Å². The summed E-state index contributed by atoms with van der Waals surface area (Å²) >= 11 is 1.61. The second kappa shape index (κ2) is 9.83. The van der Waals surface area contributed by atoms with Crippen LogP contribution in [0.3, 0.4) is 0 Å². The van der Waals surface area contributed by atoms with Crippen LogP contribution in [0.15, 0.2) is 84.0 Å². The molecule has 1 heterocycles. The SMILES string of the molecule is C/C(=N/NC(=O)c1ccc([C@@H]2SCC(=O)N2Cc2ccccc2)cc1)c1ccc(C)cc1. The van der Waals surface area contributed by atoms with E-state index in [1.54, 1.807) is 23.9 Å². The number of nitrogens with zero attached hydrogens (tertiary/aromatic N) is 2. The lowest BCUT2D eigenvalue weighted by Gasteiger charge is -2.24. The van der Waals surface area contributed by atoms with Crippen molar-refractivity contribution in [3.63, 3.8) is 0 Å². The first-order chi connectivity index (χ1) is 15.5. The molecule has 0 aliphatic carbocycles. The van der Waals surface area contributed by atoms with Crippen molar-refractivity contribution in [2.24, 2.45) is 5.10 Å². The smallest absolute Gasteiger partial charge is 0.271 e. The zero-order valence-electron chi connectivity index (χ0n) is 18.1. The van der Waals surface area contributed by atoms with E-state index < -0.39 is 0 Å². The summed E-state index contributed by atoms with van der Waals surface area (Å²) in [6, 6.07) is 25.4. The molecule has 1 fully saturated rings. The number of hydrogen-bond donors (Lipinski definition) is 1. The first kappa shape index (κ1) is 21.8. The fraction of sp³-hybridized carbons (Fsp3) is 0.192. The second-order valence-electron chi connectivity index (χ2n) is 7.80. The molecule has 1 saturated heterocycles. The molecule has 4 rings (SSSR count). The van der Waals surface area contributed by atoms with Crippen LogP contribution >= 0.6 is 11.8 Å². The Balaban J connectivity index is 1.42. The fourth-order valence-corrected chi connectivity index (χ4v) is 4.73. The number of amides is 2. The van der Waals surface area contributed by atoms with Gasteiger partial charge in [0.1, 0.15) is 5.37 Å². The molecule has 0 unspecified atom stereocenters. The molecule has 1 aliphatic rings. The molecule has 0 bridgehead atoms. The van der Waals surface area contributed by atoms with Crippen molar-refractivity contribution in [2.75, 3.05) is 5.75 Å². The number of thioether (sulfide) groups is 1. The maximum Gasteiger partial charge on any atom is 0.271 e. The topological polar surface area (TPSA) is 61.8 Å². The Labute approximate surface area is 192 Å². The van der Waals surface area contributed by atoms with Crippen molar-refractivity contribution in [2.45, 2.75) is 25.8 Å². The Hall–Kier alpha value is -3.38. The van der Waals surface area contributed by atoms with Gasteiger partial charge in [-0.25, -0.2) is 5.43 Å². The van der Waals surface area contributed by atoms with Gasteiger partial charge in [-0.2, -0.15) is 5.10 Å². The summed E-state index contributed by atoms with van der Waals surface area (Å²) in [5.41, 5.74) is 8.15. The highest BCUT2D eigenvalue weighted by atomic mass is 32.2. The maximum absolute atomic E-state index is 12.5. The summed E-state index contributed by atoms with van der Waals surface area (Å²) in [5.74, 6) is 0.332. The molecule has 3 aromatic rings. The number of rotatable bonds is 6. The lowest BCUT2D eigenvalue weighted by Crippen LogP contribution is -2.27. The molecule has 162 valence electrons. The van der Waals surface area contributed by atoms with Gasteiger partial charge in [-0.15, -0.1) is 11.8 Å². The van der Waals surface area contributed by atoms with Crippen LogP contribution in [0.2, 0.25) is 0 Å². The van der Waals surface area contributed by atoms with E-state index in [2.05, 4.69) is 10.5 Å². The van der Waals surface area contributed by atoms with E-state index in [1.807, 2.05) is 85.5 Å². The number of nitrogens with one attached hydrogen (secondary N) is 1. The second-order valence-corrected chi connectivity index (χ2v) is 8.87. The van der Waals surface area contributed by atoms with Crippen LogP contribution in [-0.2, 0) is 11.3 Å². The van der Waals surface area contributed by atoms with Crippen LogP contribution in [0.25, 0.3) is 0 Å². The monoisotopic (exact) mass is 443 g/mol. The van der Waals surface area contributed by atoms with Crippen LogP contribution in [0.1, 0.15) is 44.9 Å². The Morgan fingerprint density at radius 3 is 2.34 bits per heavy atom. The third-order valence-corrected chi connectivity index (χ3v) is 6.67. The molecule has 2 amide bonds. The minimum absolute atomic E-state index is 0.0541. The van der Waals surface area contributed by atoms with E-state index in [-0.39, 0.29) is 17.2 Å². The molecule has 1 aliphatic heterocycles. The molecular formula is C26H25N3O2S. The average molecular weight is 444 g/mol. The fourth-order valence-electron chi connectivity index (χ4n) is 3.54. The number of carbonyl (C=O) groups is 2. The van der Waals surface area contributed by atoms with E-state index in [0.29, 0.717) is 17.9 Å². The number of hydrogen-bond acceptors (Lipinski definition) is 4. The lowest BCUT2D eigenvalue weighted by atomic mass is 10.1. The van der Waals surface area contributed by atoms with Crippen LogP contribution < -0.4 is 5.43 Å². The highest BCUT2D eigenvalue weighted by molar-refractivity contribution is 8.00. The van der Waals surface area contributed by atoms with E-state index in [9.17, 15) is 9.59 Å². The van der Waals surface area contributed by atoms with E-state index >= 15 is 0 Å². The van der Waals surface area contributed by atoms with Crippen molar-refractivity contribution in [1.82, 2.24) is 10.3 Å². The maximum atomic E-state index is 12.5. The molecule has 0 aromatic heterocycles. The van der Waals surface area contributed by atoms with Crippen molar-refractivity contribution < 1.29 is 9.59 Å². The van der Waals surface area contributed by atoms with Crippen LogP contribution in [0, 0.1) is 6.92 Å². The van der Waals surface area contributed by atoms with Crippen LogP contribution in [0.5, 0.6) is 0 Å². The number of carbonyl (C=O) groups excluding carboxylic acids is 2. The summed E-state index contributed by atoms with van der Waals surface area (Å²) in [6.07, 6.45) is 0. The Morgan fingerprint density at radius 2 is 1.66 bits per heavy atom. The minimum Gasteiger partial charge on any atom is -0.322 e. The number of aryl methyl sites for hydroxylation is 1. The van der Waals surface area contributed by atoms with Crippen molar-refractivity contribution >= 4 is 29.3 Å². The summed E-state index contributed by atoms with van der Waals surface area (Å²) < 4.78 is 0. The van der Waals surface area contributed by atoms with Gasteiger partial charge in [-0.1, -0.05) is 72.3 Å². The van der Waals surface area contributed by atoms with Crippen molar-refractivity contribution in [1.29, 1.82) is 0 Å². The Bertz CT molecular complexity index is 1130. The van der Waals surface area contributed by atoms with Gasteiger partial charge in [-0.05, 0) is 42.7 Å². The molecule has 0 spiro atoms. The van der Waals surface area contributed by atoms with E-state index in [1.165, 1.54) is 5.56 Å². The van der Waals surface area contributed by atoms with Crippen LogP contribution in [-0.4, -0.2) is 28.2 Å². The summed E-state index contributed by atoms with van der Waals surface area (Å²) in [7, 11) is 0. The van der Waals surface area contributed by atoms with Gasteiger partial charge in [0, 0.05) is 12.1 Å². The Morgan fingerprint density at radius 1 is 1.00 bits per heavy atom. The van der Waals surface area contributed by atoms with Gasteiger partial charge in [0.25, 0.3) is 5.91 Å². The summed E-state index contributed by atoms with van der Waals surface area (Å²) in [5, 5.41) is 4.18. The number of benzene rings is 3. The minimum atomic E-state index is -0.265. The third-order valence-electron chi connectivity index (χ3n) is 5.42. The van der Waals surface area contributed by atoms with Crippen molar-refractivity contribution in [3.8, 4) is 0 Å². The quantitative estimate of drug-likeness (QED) is 0.434. The van der Waals surface area contributed by atoms with Gasteiger partial charge < -0.3 is 4.90 Å². The predicted octanol–water partition coefficient (Wildman–Crippen LogP) is 4.92. The molecule has 32 heavy (non-hydrogen) atoms. The molecule has 6 heteroatoms. The van der Waals surface area contributed by atoms with Gasteiger partial charge >= 0.3 is 0 Å². The zero-order valence-corrected chi connectivity index (χ0v) is 18.9. The largest absolute Gasteiger partial charge is 0.322 e. The molecule has 1 N–H and O–H groups in total. The Kier molecular flexibility index (Phi) is 6.71. The standard InChI is InChI=1S/C26H25N3O2S/c1-18-8-10-21(11-9-18)19(2)27-28-25(31)22-12-14-23(15-13-22)26-29(24(30)17-32-26)16-20-6-4-3-5-7-20/h3-15,26H,16-17H2,1-2H3,(H,28,31)/b27-19-/t26-/m0/s1. The zero-order chi connectivity index (χ0) is 22.5. The van der Waals surface area contributed by atoms with Gasteiger partial charge in [-0.3, -0.25) is 9.59 Å². The van der Waals surface area contributed by atoms with Gasteiger partial charge in [0.15, 0.2) is 0 Å². The third kappa shape index (κ3) is 5.08. The normalized spacial score (nSPS) is 16.3. The lowest BCUT2D eigenvalue weighted by molar-refractivity contribution is -0.128. The number of hydrazone groups is 1. The first-order valence-electron chi connectivity index (χ1n) is 10.5. The van der Waals surface area contributed by atoms with Crippen molar-refractivity contribution in [3.05, 3.63) is 107 Å².